The first-order chi connectivity index (χ1) is 14.5. The molecule has 0 saturated heterocycles. The number of benzene rings is 2. The molecule has 5 rings (SSSR count). The van der Waals surface area contributed by atoms with Gasteiger partial charge in [-0.05, 0) is 59.2 Å². The van der Waals surface area contributed by atoms with Crippen LogP contribution >= 0.6 is 0 Å². The lowest BCUT2D eigenvalue weighted by atomic mass is 9.60. The summed E-state index contributed by atoms with van der Waals surface area (Å²) in [6.45, 7) is 0. The number of nitrogens with one attached hydrogen (secondary N) is 1. The number of nitrogens with two attached hydrogens (primary N) is 1. The van der Waals surface area contributed by atoms with Crippen molar-refractivity contribution in [1.29, 1.82) is 5.41 Å². The van der Waals surface area contributed by atoms with Gasteiger partial charge in [0, 0.05) is 18.7 Å². The van der Waals surface area contributed by atoms with Gasteiger partial charge in [0.25, 0.3) is 0 Å². The molecule has 3 aliphatic rings. The Labute approximate surface area is 177 Å². The number of hydrogen-bond donors (Lipinski definition) is 2. The number of rotatable bonds is 2. The van der Waals surface area contributed by atoms with E-state index in [1.54, 1.807) is 7.05 Å². The Balaban J connectivity index is 1.70. The van der Waals surface area contributed by atoms with Crippen LogP contribution in [0.25, 0.3) is 11.1 Å². The molecule has 5 heteroatoms. The van der Waals surface area contributed by atoms with Gasteiger partial charge in [0.1, 0.15) is 5.54 Å². The predicted molar refractivity (Wildman–Crippen MR) is 120 cm³/mol. The number of guanidine groups is 1. The first-order valence-electron chi connectivity index (χ1n) is 10.8. The molecule has 5 nitrogen and oxygen atoms in total. The third-order valence-corrected chi connectivity index (χ3v) is 7.59. The van der Waals surface area contributed by atoms with Crippen LogP contribution in [-0.2, 0) is 16.8 Å². The Morgan fingerprint density at radius 3 is 2.57 bits per heavy atom. The second-order valence-electron chi connectivity index (χ2n) is 9.12. The number of carbonyl (C=O) groups excluding carboxylic acids is 1. The van der Waals surface area contributed by atoms with Gasteiger partial charge in [0.05, 0.1) is 6.42 Å². The van der Waals surface area contributed by atoms with Crippen LogP contribution in [0.1, 0.15) is 55.2 Å². The molecule has 1 atom stereocenters. The third kappa shape index (κ3) is 2.64. The topological polar surface area (TPSA) is 82.5 Å². The van der Waals surface area contributed by atoms with E-state index in [0.29, 0.717) is 12.4 Å². The zero-order valence-electron chi connectivity index (χ0n) is 17.4. The molecule has 1 saturated carbocycles. The summed E-state index contributed by atoms with van der Waals surface area (Å²) in [7, 11) is 1.72. The third-order valence-electron chi connectivity index (χ3n) is 7.59. The highest BCUT2D eigenvalue weighted by atomic mass is 16.2. The maximum atomic E-state index is 13.0. The standard InChI is InChI=1S/C25H28N4O/c1-29-22(30)15-25(28-23(29)27)21-13-19(18-7-5-6-17(12-18)16-26)8-9-20(21)14-24(25)10-3-2-4-11-24/h5-9,12-13,16,26H,2-4,10-11,14-15H2,1H3,(H2,27,28). The van der Waals surface area contributed by atoms with E-state index < -0.39 is 5.54 Å². The molecule has 1 amide bonds. The molecular formula is C25H28N4O. The first-order valence-corrected chi connectivity index (χ1v) is 10.8. The molecule has 0 bridgehead atoms. The molecule has 1 fully saturated rings. The lowest BCUT2D eigenvalue weighted by Gasteiger charge is -2.48. The maximum Gasteiger partial charge on any atom is 0.231 e. The van der Waals surface area contributed by atoms with E-state index in [2.05, 4.69) is 24.3 Å². The normalized spacial score (nSPS) is 24.8. The smallest absolute Gasteiger partial charge is 0.231 e. The van der Waals surface area contributed by atoms with Crippen LogP contribution in [0.15, 0.2) is 47.5 Å². The van der Waals surface area contributed by atoms with Gasteiger partial charge < -0.3 is 11.1 Å². The van der Waals surface area contributed by atoms with E-state index in [1.807, 2.05) is 18.2 Å². The molecule has 3 N–H and O–H groups in total. The number of fused-ring (bicyclic) bond motifs is 3. The minimum absolute atomic E-state index is 0.0233. The monoisotopic (exact) mass is 400 g/mol. The highest BCUT2D eigenvalue weighted by molar-refractivity contribution is 5.99. The molecule has 30 heavy (non-hydrogen) atoms. The van der Waals surface area contributed by atoms with Gasteiger partial charge >= 0.3 is 0 Å². The van der Waals surface area contributed by atoms with E-state index in [0.717, 1.165) is 36.0 Å². The molecular weight excluding hydrogens is 372 g/mol. The van der Waals surface area contributed by atoms with Crippen molar-refractivity contribution < 1.29 is 4.79 Å². The Hall–Kier alpha value is -2.95. The summed E-state index contributed by atoms with van der Waals surface area (Å²) in [4.78, 5) is 19.6. The largest absolute Gasteiger partial charge is 0.369 e. The van der Waals surface area contributed by atoms with Crippen molar-refractivity contribution in [3.63, 3.8) is 0 Å². The number of nitrogens with zero attached hydrogens (tertiary/aromatic N) is 2. The van der Waals surface area contributed by atoms with E-state index >= 15 is 0 Å². The van der Waals surface area contributed by atoms with Gasteiger partial charge in [-0.3, -0.25) is 9.69 Å². The zero-order chi connectivity index (χ0) is 20.9. The van der Waals surface area contributed by atoms with Crippen LogP contribution in [0.4, 0.5) is 0 Å². The van der Waals surface area contributed by atoms with Crippen LogP contribution in [0, 0.1) is 10.8 Å². The molecule has 154 valence electrons. The van der Waals surface area contributed by atoms with Crippen molar-refractivity contribution in [2.45, 2.75) is 50.5 Å². The van der Waals surface area contributed by atoms with E-state index in [9.17, 15) is 4.79 Å². The fraction of sp³-hybridized carbons (Fsp3) is 0.400. The average molecular weight is 401 g/mol. The summed E-state index contributed by atoms with van der Waals surface area (Å²) in [6, 6.07) is 14.6. The molecule has 0 aromatic heterocycles. The van der Waals surface area contributed by atoms with Crippen molar-refractivity contribution >= 4 is 18.1 Å². The minimum Gasteiger partial charge on any atom is -0.369 e. The molecule has 0 radical (unpaired) electrons. The van der Waals surface area contributed by atoms with Crippen LogP contribution in [-0.4, -0.2) is 30.0 Å². The van der Waals surface area contributed by atoms with Crippen molar-refractivity contribution in [3.05, 3.63) is 59.2 Å². The molecule has 1 aliphatic heterocycles. The lowest BCUT2D eigenvalue weighted by Crippen LogP contribution is -2.54. The fourth-order valence-electron chi connectivity index (χ4n) is 5.96. The number of aliphatic imine (C=N–C) groups is 1. The van der Waals surface area contributed by atoms with Crippen molar-refractivity contribution in [3.8, 4) is 11.1 Å². The Bertz CT molecular complexity index is 1070. The lowest BCUT2D eigenvalue weighted by molar-refractivity contribution is -0.130. The SMILES string of the molecule is CN1C(=O)CC2(N=C1N)c1cc(-c3cccc(C=N)c3)ccc1CC21CCCCC1. The predicted octanol–water partition coefficient (Wildman–Crippen LogP) is 4.23. The highest BCUT2D eigenvalue weighted by Gasteiger charge is 2.60. The highest BCUT2D eigenvalue weighted by Crippen LogP contribution is 2.62. The first kappa shape index (κ1) is 19.0. The Morgan fingerprint density at radius 1 is 1.07 bits per heavy atom. The Kier molecular flexibility index (Phi) is 4.31. The number of amides is 1. The molecule has 2 aromatic carbocycles. The van der Waals surface area contributed by atoms with Crippen molar-refractivity contribution in [2.75, 3.05) is 7.05 Å². The molecule has 2 spiro atoms. The molecule has 1 heterocycles. The minimum atomic E-state index is -0.564. The second-order valence-corrected chi connectivity index (χ2v) is 9.12. The van der Waals surface area contributed by atoms with Crippen molar-refractivity contribution in [1.82, 2.24) is 4.90 Å². The van der Waals surface area contributed by atoms with Gasteiger partial charge in [0.2, 0.25) is 5.91 Å². The van der Waals surface area contributed by atoms with Gasteiger partial charge in [-0.1, -0.05) is 49.6 Å². The van der Waals surface area contributed by atoms with Gasteiger partial charge in [0.15, 0.2) is 5.96 Å². The Morgan fingerprint density at radius 2 is 1.83 bits per heavy atom. The average Bonchev–Trinajstić information content (AvgIpc) is 3.00. The summed E-state index contributed by atoms with van der Waals surface area (Å²) in [6.07, 6.45) is 8.53. The molecule has 1 unspecified atom stereocenters. The number of hydrogen-bond acceptors (Lipinski definition) is 4. The van der Waals surface area contributed by atoms with Crippen LogP contribution in [0.2, 0.25) is 0 Å². The van der Waals surface area contributed by atoms with Crippen LogP contribution in [0.5, 0.6) is 0 Å². The number of carbonyl (C=O) groups is 1. The quantitative estimate of drug-likeness (QED) is 0.740. The molecule has 2 aromatic rings. The summed E-state index contributed by atoms with van der Waals surface area (Å²) in [5, 5.41) is 7.57. The second kappa shape index (κ2) is 6.79. The van der Waals surface area contributed by atoms with Gasteiger partial charge in [-0.25, -0.2) is 4.99 Å². The van der Waals surface area contributed by atoms with E-state index in [1.165, 1.54) is 41.5 Å². The summed E-state index contributed by atoms with van der Waals surface area (Å²) >= 11 is 0. The van der Waals surface area contributed by atoms with E-state index in [4.69, 9.17) is 16.1 Å². The molecule has 2 aliphatic carbocycles. The van der Waals surface area contributed by atoms with Crippen LogP contribution < -0.4 is 5.73 Å². The van der Waals surface area contributed by atoms with Gasteiger partial charge in [-0.15, -0.1) is 0 Å². The van der Waals surface area contributed by atoms with Crippen molar-refractivity contribution in [2.24, 2.45) is 16.1 Å². The maximum absolute atomic E-state index is 13.0. The zero-order valence-corrected chi connectivity index (χ0v) is 17.4. The van der Waals surface area contributed by atoms with E-state index in [-0.39, 0.29) is 11.3 Å². The summed E-state index contributed by atoms with van der Waals surface area (Å²) < 4.78 is 0. The fourth-order valence-corrected chi connectivity index (χ4v) is 5.96. The van der Waals surface area contributed by atoms with Crippen LogP contribution in [0.3, 0.4) is 0 Å². The summed E-state index contributed by atoms with van der Waals surface area (Å²) in [5.74, 6) is 0.386. The van der Waals surface area contributed by atoms with Gasteiger partial charge in [-0.2, -0.15) is 0 Å². The summed E-state index contributed by atoms with van der Waals surface area (Å²) in [5.41, 5.74) is 11.2.